The summed E-state index contributed by atoms with van der Waals surface area (Å²) in [4.78, 5) is 11.7. The van der Waals surface area contributed by atoms with Crippen LogP contribution in [0.4, 0.5) is 4.39 Å². The van der Waals surface area contributed by atoms with Crippen molar-refractivity contribution in [1.82, 2.24) is 0 Å². The Labute approximate surface area is 96.8 Å². The summed E-state index contributed by atoms with van der Waals surface area (Å²) in [5.41, 5.74) is 0.550. The minimum atomic E-state index is -0.265. The van der Waals surface area contributed by atoms with Crippen LogP contribution in [-0.4, -0.2) is 5.78 Å². The molecule has 0 aliphatic heterocycles. The van der Waals surface area contributed by atoms with Crippen LogP contribution in [0.15, 0.2) is 22.7 Å². The molecule has 0 bridgehead atoms. The van der Waals surface area contributed by atoms with Gasteiger partial charge in [-0.15, -0.1) is 0 Å². The summed E-state index contributed by atoms with van der Waals surface area (Å²) in [6, 6.07) is 4.80. The van der Waals surface area contributed by atoms with Gasteiger partial charge in [-0.3, -0.25) is 4.79 Å². The van der Waals surface area contributed by atoms with Crippen LogP contribution in [0.1, 0.15) is 37.2 Å². The zero-order valence-electron chi connectivity index (χ0n) is 8.30. The van der Waals surface area contributed by atoms with Gasteiger partial charge in [0.2, 0.25) is 0 Å². The molecule has 0 aromatic heterocycles. The van der Waals surface area contributed by atoms with Crippen molar-refractivity contribution in [2.75, 3.05) is 0 Å². The first-order chi connectivity index (χ1) is 7.18. The molecule has 0 N–H and O–H groups in total. The zero-order chi connectivity index (χ0) is 10.8. The van der Waals surface area contributed by atoms with Crippen molar-refractivity contribution in [3.8, 4) is 0 Å². The number of carbonyl (C=O) groups excluding carboxylic acids is 1. The standard InChI is InChI=1S/C12H12BrFO/c13-8-5-6-11(14)10(7-8)9-3-1-2-4-12(9)15/h5-7,9H,1-4H2. The fourth-order valence-corrected chi connectivity index (χ4v) is 2.47. The van der Waals surface area contributed by atoms with Crippen molar-refractivity contribution >= 4 is 21.7 Å². The predicted molar refractivity (Wildman–Crippen MR) is 60.3 cm³/mol. The van der Waals surface area contributed by atoms with E-state index < -0.39 is 0 Å². The van der Waals surface area contributed by atoms with Crippen molar-refractivity contribution in [3.63, 3.8) is 0 Å². The molecule has 0 radical (unpaired) electrons. The number of carbonyl (C=O) groups is 1. The Bertz CT molecular complexity index is 389. The highest BCUT2D eigenvalue weighted by Crippen LogP contribution is 2.32. The fourth-order valence-electron chi connectivity index (χ4n) is 2.09. The van der Waals surface area contributed by atoms with Crippen molar-refractivity contribution in [2.24, 2.45) is 0 Å². The Kier molecular flexibility index (Phi) is 3.19. The van der Waals surface area contributed by atoms with Crippen molar-refractivity contribution in [1.29, 1.82) is 0 Å². The number of Topliss-reactive ketones (excluding diaryl/α,β-unsaturated/α-hetero) is 1. The van der Waals surface area contributed by atoms with Crippen LogP contribution in [0.5, 0.6) is 0 Å². The number of benzene rings is 1. The Hall–Kier alpha value is -0.700. The van der Waals surface area contributed by atoms with Gasteiger partial charge in [-0.2, -0.15) is 0 Å². The normalized spacial score (nSPS) is 21.7. The maximum Gasteiger partial charge on any atom is 0.140 e. The van der Waals surface area contributed by atoms with Gasteiger partial charge in [-0.05, 0) is 36.6 Å². The molecule has 1 aromatic carbocycles. The van der Waals surface area contributed by atoms with Gasteiger partial charge in [-0.25, -0.2) is 4.39 Å². The lowest BCUT2D eigenvalue weighted by atomic mass is 9.83. The van der Waals surface area contributed by atoms with Gasteiger partial charge in [0, 0.05) is 16.8 Å². The van der Waals surface area contributed by atoms with Crippen LogP contribution >= 0.6 is 15.9 Å². The predicted octanol–water partition coefficient (Wildman–Crippen LogP) is 3.81. The molecule has 15 heavy (non-hydrogen) atoms. The molecule has 1 aromatic rings. The first-order valence-corrected chi connectivity index (χ1v) is 5.95. The molecule has 80 valence electrons. The van der Waals surface area contributed by atoms with Crippen LogP contribution in [0.25, 0.3) is 0 Å². The van der Waals surface area contributed by atoms with Crippen LogP contribution in [0.3, 0.4) is 0 Å². The van der Waals surface area contributed by atoms with Gasteiger partial charge in [0.05, 0.1) is 0 Å². The topological polar surface area (TPSA) is 17.1 Å². The summed E-state index contributed by atoms with van der Waals surface area (Å²) in [5.74, 6) is -0.312. The largest absolute Gasteiger partial charge is 0.299 e. The fraction of sp³-hybridized carbons (Fsp3) is 0.417. The highest BCUT2D eigenvalue weighted by molar-refractivity contribution is 9.10. The molecule has 1 fully saturated rings. The molecule has 2 rings (SSSR count). The summed E-state index contributed by atoms with van der Waals surface area (Å²) in [6.45, 7) is 0. The summed E-state index contributed by atoms with van der Waals surface area (Å²) in [5, 5.41) is 0. The van der Waals surface area contributed by atoms with E-state index in [9.17, 15) is 9.18 Å². The third kappa shape index (κ3) is 2.28. The van der Waals surface area contributed by atoms with E-state index in [2.05, 4.69) is 15.9 Å². The van der Waals surface area contributed by atoms with Crippen LogP contribution in [0.2, 0.25) is 0 Å². The smallest absolute Gasteiger partial charge is 0.140 e. The Balaban J connectivity index is 2.34. The highest BCUT2D eigenvalue weighted by Gasteiger charge is 2.26. The minimum absolute atomic E-state index is 0.179. The second-order valence-electron chi connectivity index (χ2n) is 3.93. The number of ketones is 1. The van der Waals surface area contributed by atoms with E-state index in [1.807, 2.05) is 0 Å². The van der Waals surface area contributed by atoms with Gasteiger partial charge >= 0.3 is 0 Å². The SMILES string of the molecule is O=C1CCCCC1c1cc(Br)ccc1F. The number of hydrogen-bond donors (Lipinski definition) is 0. The maximum atomic E-state index is 13.6. The molecule has 0 spiro atoms. The second-order valence-corrected chi connectivity index (χ2v) is 4.85. The van der Waals surface area contributed by atoms with Crippen LogP contribution in [0, 0.1) is 5.82 Å². The van der Waals surface area contributed by atoms with Crippen molar-refractivity contribution < 1.29 is 9.18 Å². The summed E-state index contributed by atoms with van der Waals surface area (Å²) in [6.07, 6.45) is 3.34. The van der Waals surface area contributed by atoms with Gasteiger partial charge in [0.15, 0.2) is 0 Å². The third-order valence-corrected chi connectivity index (χ3v) is 3.38. The average Bonchev–Trinajstić information content (AvgIpc) is 2.23. The van der Waals surface area contributed by atoms with Gasteiger partial charge in [0.25, 0.3) is 0 Å². The molecule has 3 heteroatoms. The zero-order valence-corrected chi connectivity index (χ0v) is 9.89. The average molecular weight is 271 g/mol. The molecule has 1 aliphatic carbocycles. The van der Waals surface area contributed by atoms with E-state index in [-0.39, 0.29) is 17.5 Å². The Morgan fingerprint density at radius 1 is 1.33 bits per heavy atom. The highest BCUT2D eigenvalue weighted by atomic mass is 79.9. The lowest BCUT2D eigenvalue weighted by molar-refractivity contribution is -0.121. The van der Waals surface area contributed by atoms with Gasteiger partial charge in [-0.1, -0.05) is 22.4 Å². The quantitative estimate of drug-likeness (QED) is 0.759. The number of halogens is 2. The monoisotopic (exact) mass is 270 g/mol. The van der Waals surface area contributed by atoms with E-state index in [1.165, 1.54) is 6.07 Å². The molecule has 1 nitrogen and oxygen atoms in total. The Morgan fingerprint density at radius 3 is 2.87 bits per heavy atom. The molecular formula is C12H12BrFO. The summed E-state index contributed by atoms with van der Waals surface area (Å²) in [7, 11) is 0. The van der Waals surface area contributed by atoms with E-state index >= 15 is 0 Å². The third-order valence-electron chi connectivity index (χ3n) is 2.89. The molecule has 0 amide bonds. The van der Waals surface area contributed by atoms with Crippen LogP contribution in [-0.2, 0) is 4.79 Å². The maximum absolute atomic E-state index is 13.6. The van der Waals surface area contributed by atoms with Crippen LogP contribution < -0.4 is 0 Å². The first-order valence-electron chi connectivity index (χ1n) is 5.16. The first kappa shape index (κ1) is 10.8. The molecule has 1 atom stereocenters. The van der Waals surface area contributed by atoms with E-state index in [0.717, 1.165) is 23.7 Å². The molecule has 1 unspecified atom stereocenters. The van der Waals surface area contributed by atoms with E-state index in [4.69, 9.17) is 0 Å². The lowest BCUT2D eigenvalue weighted by Crippen LogP contribution is -2.18. The molecule has 0 heterocycles. The van der Waals surface area contributed by atoms with Gasteiger partial charge in [0.1, 0.15) is 11.6 Å². The summed E-state index contributed by atoms with van der Waals surface area (Å²) >= 11 is 3.30. The summed E-state index contributed by atoms with van der Waals surface area (Å²) < 4.78 is 14.4. The van der Waals surface area contributed by atoms with E-state index in [0.29, 0.717) is 12.0 Å². The number of rotatable bonds is 1. The van der Waals surface area contributed by atoms with Crippen molar-refractivity contribution in [2.45, 2.75) is 31.6 Å². The van der Waals surface area contributed by atoms with E-state index in [1.54, 1.807) is 12.1 Å². The molecule has 1 saturated carbocycles. The Morgan fingerprint density at radius 2 is 2.13 bits per heavy atom. The van der Waals surface area contributed by atoms with Gasteiger partial charge < -0.3 is 0 Å². The lowest BCUT2D eigenvalue weighted by Gasteiger charge is -2.21. The minimum Gasteiger partial charge on any atom is -0.299 e. The second kappa shape index (κ2) is 4.44. The van der Waals surface area contributed by atoms with Crippen molar-refractivity contribution in [3.05, 3.63) is 34.1 Å². The molecule has 1 aliphatic rings. The molecule has 0 saturated heterocycles. The number of hydrogen-bond acceptors (Lipinski definition) is 1. The molecular weight excluding hydrogens is 259 g/mol.